The number of anilines is 1. The predicted molar refractivity (Wildman–Crippen MR) is 62.7 cm³/mol. The fourth-order valence-corrected chi connectivity index (χ4v) is 1.47. The summed E-state index contributed by atoms with van der Waals surface area (Å²) in [5.41, 5.74) is 1.47. The molecule has 1 heterocycles. The molecule has 3 nitrogen and oxygen atoms in total. The number of aromatic nitrogens is 1. The number of halogens is 1. The van der Waals surface area contributed by atoms with E-state index in [0.717, 1.165) is 0 Å². The summed E-state index contributed by atoms with van der Waals surface area (Å²) in [5, 5.41) is 11.8. The molecule has 1 aromatic heterocycles. The van der Waals surface area contributed by atoms with Crippen molar-refractivity contribution in [2.24, 2.45) is 0 Å². The largest absolute Gasteiger partial charge is 0.379 e. The minimum absolute atomic E-state index is 0.262. The van der Waals surface area contributed by atoms with Crippen molar-refractivity contribution in [3.63, 3.8) is 0 Å². The summed E-state index contributed by atoms with van der Waals surface area (Å²) >= 11 is 0. The second-order valence-corrected chi connectivity index (χ2v) is 3.46. The SMILES string of the molecule is N#Cc1ncccc1NCc1ccccc1F. The number of hydrogen-bond acceptors (Lipinski definition) is 3. The van der Waals surface area contributed by atoms with Gasteiger partial charge in [0.1, 0.15) is 11.9 Å². The highest BCUT2D eigenvalue weighted by Gasteiger charge is 2.03. The van der Waals surface area contributed by atoms with Gasteiger partial charge in [0, 0.05) is 18.3 Å². The molecule has 0 aliphatic rings. The van der Waals surface area contributed by atoms with E-state index in [4.69, 9.17) is 5.26 Å². The Balaban J connectivity index is 2.13. The first-order valence-electron chi connectivity index (χ1n) is 5.13. The molecule has 0 radical (unpaired) electrons. The van der Waals surface area contributed by atoms with Crippen LogP contribution < -0.4 is 5.32 Å². The van der Waals surface area contributed by atoms with Gasteiger partial charge in [0.25, 0.3) is 0 Å². The molecular weight excluding hydrogens is 217 g/mol. The average Bonchev–Trinajstić information content (AvgIpc) is 2.38. The van der Waals surface area contributed by atoms with Crippen molar-refractivity contribution < 1.29 is 4.39 Å². The molecule has 0 fully saturated rings. The zero-order chi connectivity index (χ0) is 12.1. The first-order chi connectivity index (χ1) is 8.31. The van der Waals surface area contributed by atoms with E-state index in [-0.39, 0.29) is 5.82 Å². The maximum atomic E-state index is 13.4. The second kappa shape index (κ2) is 5.08. The molecule has 0 amide bonds. The number of pyridine rings is 1. The van der Waals surface area contributed by atoms with Crippen LogP contribution in [-0.4, -0.2) is 4.98 Å². The lowest BCUT2D eigenvalue weighted by atomic mass is 10.2. The lowest BCUT2D eigenvalue weighted by Crippen LogP contribution is -2.03. The Kier molecular flexibility index (Phi) is 3.31. The standard InChI is InChI=1S/C13H10FN3/c14-11-5-2-1-4-10(11)9-17-12-6-3-7-16-13(12)8-15/h1-7,17H,9H2. The highest BCUT2D eigenvalue weighted by molar-refractivity contribution is 5.53. The third-order valence-corrected chi connectivity index (χ3v) is 2.34. The molecular formula is C13H10FN3. The van der Waals surface area contributed by atoms with Crippen LogP contribution in [0.3, 0.4) is 0 Å². The molecule has 2 aromatic rings. The average molecular weight is 227 g/mol. The van der Waals surface area contributed by atoms with Crippen LogP contribution in [0.4, 0.5) is 10.1 Å². The van der Waals surface area contributed by atoms with Gasteiger partial charge in [0.15, 0.2) is 5.69 Å². The zero-order valence-corrected chi connectivity index (χ0v) is 9.02. The molecule has 17 heavy (non-hydrogen) atoms. The third-order valence-electron chi connectivity index (χ3n) is 2.34. The molecule has 1 N–H and O–H groups in total. The normalized spacial score (nSPS) is 9.65. The number of rotatable bonds is 3. The van der Waals surface area contributed by atoms with Crippen LogP contribution in [0.1, 0.15) is 11.3 Å². The first kappa shape index (κ1) is 11.1. The van der Waals surface area contributed by atoms with Crippen LogP contribution in [0.25, 0.3) is 0 Å². The molecule has 4 heteroatoms. The highest BCUT2D eigenvalue weighted by Crippen LogP contribution is 2.13. The Bertz CT molecular complexity index is 561. The van der Waals surface area contributed by atoms with Gasteiger partial charge in [-0.15, -0.1) is 0 Å². The lowest BCUT2D eigenvalue weighted by Gasteiger charge is -2.07. The molecule has 1 aromatic carbocycles. The molecule has 0 aliphatic carbocycles. The molecule has 0 bridgehead atoms. The number of hydrogen-bond donors (Lipinski definition) is 1. The van der Waals surface area contributed by atoms with Crippen molar-refractivity contribution in [2.45, 2.75) is 6.54 Å². The minimum atomic E-state index is -0.262. The van der Waals surface area contributed by atoms with Gasteiger partial charge >= 0.3 is 0 Å². The summed E-state index contributed by atoms with van der Waals surface area (Å²) in [6.07, 6.45) is 1.55. The number of nitrogens with zero attached hydrogens (tertiary/aromatic N) is 2. The quantitative estimate of drug-likeness (QED) is 0.877. The van der Waals surface area contributed by atoms with Crippen LogP contribution in [0.5, 0.6) is 0 Å². The molecule has 84 valence electrons. The summed E-state index contributed by atoms with van der Waals surface area (Å²) in [7, 11) is 0. The molecule has 0 atom stereocenters. The zero-order valence-electron chi connectivity index (χ0n) is 9.02. The Morgan fingerprint density at radius 3 is 2.82 bits per heavy atom. The Morgan fingerprint density at radius 2 is 2.06 bits per heavy atom. The van der Waals surface area contributed by atoms with E-state index < -0.39 is 0 Å². The minimum Gasteiger partial charge on any atom is -0.379 e. The van der Waals surface area contributed by atoms with Crippen molar-refractivity contribution in [1.82, 2.24) is 4.98 Å². The van der Waals surface area contributed by atoms with Gasteiger partial charge in [0.2, 0.25) is 0 Å². The van der Waals surface area contributed by atoms with Crippen molar-refractivity contribution in [3.05, 3.63) is 59.7 Å². The summed E-state index contributed by atoms with van der Waals surface area (Å²) in [6, 6.07) is 12.0. The second-order valence-electron chi connectivity index (χ2n) is 3.46. The van der Waals surface area contributed by atoms with Crippen molar-refractivity contribution >= 4 is 5.69 Å². The summed E-state index contributed by atoms with van der Waals surface area (Å²) in [4.78, 5) is 3.91. The maximum absolute atomic E-state index is 13.4. The van der Waals surface area contributed by atoms with Gasteiger partial charge in [-0.1, -0.05) is 18.2 Å². The van der Waals surface area contributed by atoms with Crippen LogP contribution in [-0.2, 0) is 6.54 Å². The van der Waals surface area contributed by atoms with E-state index in [0.29, 0.717) is 23.5 Å². The van der Waals surface area contributed by atoms with Crippen molar-refractivity contribution in [3.8, 4) is 6.07 Å². The number of nitrogens with one attached hydrogen (secondary N) is 1. The van der Waals surface area contributed by atoms with Crippen LogP contribution in [0, 0.1) is 17.1 Å². The first-order valence-corrected chi connectivity index (χ1v) is 5.13. The summed E-state index contributed by atoms with van der Waals surface area (Å²) < 4.78 is 13.4. The highest BCUT2D eigenvalue weighted by atomic mass is 19.1. The Labute approximate surface area is 98.5 Å². The van der Waals surface area contributed by atoms with Crippen LogP contribution in [0.2, 0.25) is 0 Å². The van der Waals surface area contributed by atoms with Gasteiger partial charge in [0.05, 0.1) is 5.69 Å². The van der Waals surface area contributed by atoms with Gasteiger partial charge in [-0.3, -0.25) is 0 Å². The fraction of sp³-hybridized carbons (Fsp3) is 0.0769. The molecule has 0 saturated carbocycles. The smallest absolute Gasteiger partial charge is 0.163 e. The monoisotopic (exact) mass is 227 g/mol. The van der Waals surface area contributed by atoms with E-state index >= 15 is 0 Å². The van der Waals surface area contributed by atoms with Gasteiger partial charge < -0.3 is 5.32 Å². The van der Waals surface area contributed by atoms with Crippen molar-refractivity contribution in [1.29, 1.82) is 5.26 Å². The van der Waals surface area contributed by atoms with Crippen LogP contribution in [0.15, 0.2) is 42.6 Å². The lowest BCUT2D eigenvalue weighted by molar-refractivity contribution is 0.613. The van der Waals surface area contributed by atoms with E-state index in [2.05, 4.69) is 10.3 Å². The molecule has 0 aliphatic heterocycles. The fourth-order valence-electron chi connectivity index (χ4n) is 1.47. The molecule has 0 saturated heterocycles. The summed E-state index contributed by atoms with van der Waals surface area (Å²) in [6.45, 7) is 0.326. The van der Waals surface area contributed by atoms with Gasteiger partial charge in [-0.05, 0) is 18.2 Å². The van der Waals surface area contributed by atoms with Crippen LogP contribution >= 0.6 is 0 Å². The van der Waals surface area contributed by atoms with E-state index in [9.17, 15) is 4.39 Å². The predicted octanol–water partition coefficient (Wildman–Crippen LogP) is 2.70. The number of benzene rings is 1. The maximum Gasteiger partial charge on any atom is 0.163 e. The Morgan fingerprint density at radius 1 is 1.24 bits per heavy atom. The third kappa shape index (κ3) is 2.58. The van der Waals surface area contributed by atoms with Gasteiger partial charge in [-0.25, -0.2) is 9.37 Å². The van der Waals surface area contributed by atoms with E-state index in [1.807, 2.05) is 6.07 Å². The summed E-state index contributed by atoms with van der Waals surface area (Å²) in [5.74, 6) is -0.262. The Hall–Kier alpha value is -2.41. The topological polar surface area (TPSA) is 48.7 Å². The van der Waals surface area contributed by atoms with E-state index in [1.165, 1.54) is 6.07 Å². The molecule has 0 spiro atoms. The molecule has 0 unspecified atom stereocenters. The van der Waals surface area contributed by atoms with Crippen molar-refractivity contribution in [2.75, 3.05) is 5.32 Å². The number of nitriles is 1. The molecule has 2 rings (SSSR count). The van der Waals surface area contributed by atoms with E-state index in [1.54, 1.807) is 36.5 Å². The van der Waals surface area contributed by atoms with Gasteiger partial charge in [-0.2, -0.15) is 5.26 Å².